The first kappa shape index (κ1) is 12.3. The van der Waals surface area contributed by atoms with Crippen LogP contribution in [0.3, 0.4) is 0 Å². The van der Waals surface area contributed by atoms with Gasteiger partial charge in [-0.1, -0.05) is 0 Å². The van der Waals surface area contributed by atoms with Gasteiger partial charge in [-0.15, -0.1) is 0 Å². The Labute approximate surface area is 103 Å². The first-order valence-electron chi connectivity index (χ1n) is 6.27. The average Bonchev–Trinajstić information content (AvgIpc) is 2.38. The van der Waals surface area contributed by atoms with E-state index >= 15 is 0 Å². The lowest BCUT2D eigenvalue weighted by atomic mass is 10.0. The van der Waals surface area contributed by atoms with Crippen LogP contribution in [0.2, 0.25) is 0 Å². The number of hydrogen-bond donors (Lipinski definition) is 1. The van der Waals surface area contributed by atoms with Gasteiger partial charge in [-0.2, -0.15) is 0 Å². The summed E-state index contributed by atoms with van der Waals surface area (Å²) in [6.07, 6.45) is 4.33. The van der Waals surface area contributed by atoms with E-state index in [0.29, 0.717) is 12.6 Å². The number of rotatable bonds is 3. The van der Waals surface area contributed by atoms with E-state index in [2.05, 4.69) is 34.9 Å². The molecule has 94 valence electrons. The quantitative estimate of drug-likeness (QED) is 0.850. The second kappa shape index (κ2) is 5.47. The Morgan fingerprint density at radius 2 is 2.41 bits per heavy atom. The molecule has 4 nitrogen and oxygen atoms in total. The standard InChI is InChI=1S/C13H22N4/c1-16-8-4-5-11(10-16)17(2)13-6-3-7-15-12(13)9-14/h3,6-7,11H,4-5,8-10,14H2,1-2H3. The predicted octanol–water partition coefficient (Wildman–Crippen LogP) is 1.07. The van der Waals surface area contributed by atoms with Crippen LogP contribution in [0, 0.1) is 0 Å². The predicted molar refractivity (Wildman–Crippen MR) is 71.1 cm³/mol. The van der Waals surface area contributed by atoms with Crippen molar-refractivity contribution >= 4 is 5.69 Å². The van der Waals surface area contributed by atoms with E-state index in [1.165, 1.54) is 25.1 Å². The van der Waals surface area contributed by atoms with Crippen LogP contribution in [0.5, 0.6) is 0 Å². The second-order valence-electron chi connectivity index (χ2n) is 4.84. The number of aromatic nitrogens is 1. The largest absolute Gasteiger partial charge is 0.369 e. The highest BCUT2D eigenvalue weighted by Gasteiger charge is 2.22. The molecule has 1 unspecified atom stereocenters. The zero-order valence-corrected chi connectivity index (χ0v) is 10.8. The van der Waals surface area contributed by atoms with Crippen molar-refractivity contribution in [3.05, 3.63) is 24.0 Å². The molecule has 0 spiro atoms. The summed E-state index contributed by atoms with van der Waals surface area (Å²) in [4.78, 5) is 9.08. The van der Waals surface area contributed by atoms with E-state index in [4.69, 9.17) is 5.73 Å². The van der Waals surface area contributed by atoms with Crippen molar-refractivity contribution in [3.63, 3.8) is 0 Å². The molecule has 17 heavy (non-hydrogen) atoms. The van der Waals surface area contributed by atoms with E-state index in [0.717, 1.165) is 12.2 Å². The third-order valence-corrected chi connectivity index (χ3v) is 3.59. The third kappa shape index (κ3) is 2.76. The maximum absolute atomic E-state index is 5.75. The fourth-order valence-electron chi connectivity index (χ4n) is 2.56. The Kier molecular flexibility index (Phi) is 3.97. The molecule has 0 aliphatic carbocycles. The van der Waals surface area contributed by atoms with Crippen molar-refractivity contribution in [2.24, 2.45) is 5.73 Å². The van der Waals surface area contributed by atoms with Gasteiger partial charge in [-0.25, -0.2) is 0 Å². The molecule has 0 saturated carbocycles. The van der Waals surface area contributed by atoms with Crippen molar-refractivity contribution in [1.82, 2.24) is 9.88 Å². The molecule has 2 heterocycles. The molecule has 0 amide bonds. The minimum Gasteiger partial charge on any atom is -0.369 e. The summed E-state index contributed by atoms with van der Waals surface area (Å²) in [5.41, 5.74) is 7.91. The molecular weight excluding hydrogens is 212 g/mol. The first-order chi connectivity index (χ1) is 8.22. The van der Waals surface area contributed by atoms with Crippen molar-refractivity contribution in [2.75, 3.05) is 32.1 Å². The summed E-state index contributed by atoms with van der Waals surface area (Å²) in [7, 11) is 4.34. The highest BCUT2D eigenvalue weighted by atomic mass is 15.2. The van der Waals surface area contributed by atoms with Gasteiger partial charge in [0.2, 0.25) is 0 Å². The van der Waals surface area contributed by atoms with Gasteiger partial charge in [0.25, 0.3) is 0 Å². The molecule has 2 N–H and O–H groups in total. The Morgan fingerprint density at radius 3 is 3.12 bits per heavy atom. The molecule has 1 aromatic rings. The van der Waals surface area contributed by atoms with Crippen molar-refractivity contribution in [1.29, 1.82) is 0 Å². The molecule has 1 aromatic heterocycles. The van der Waals surface area contributed by atoms with Crippen LogP contribution in [0.15, 0.2) is 18.3 Å². The summed E-state index contributed by atoms with van der Waals surface area (Å²) in [5, 5.41) is 0. The number of hydrogen-bond acceptors (Lipinski definition) is 4. The minimum absolute atomic E-state index is 0.503. The van der Waals surface area contributed by atoms with E-state index in [1.54, 1.807) is 0 Å². The van der Waals surface area contributed by atoms with Crippen LogP contribution in [0.25, 0.3) is 0 Å². The monoisotopic (exact) mass is 234 g/mol. The van der Waals surface area contributed by atoms with Gasteiger partial charge in [0.05, 0.1) is 11.4 Å². The number of nitrogens with two attached hydrogens (primary N) is 1. The molecule has 2 rings (SSSR count). The molecule has 0 bridgehead atoms. The molecule has 1 saturated heterocycles. The number of pyridine rings is 1. The molecule has 1 aliphatic heterocycles. The Bertz CT molecular complexity index is 366. The summed E-state index contributed by atoms with van der Waals surface area (Å²) in [6, 6.07) is 4.67. The third-order valence-electron chi connectivity index (χ3n) is 3.59. The lowest BCUT2D eigenvalue weighted by Crippen LogP contribution is -2.45. The van der Waals surface area contributed by atoms with Crippen LogP contribution >= 0.6 is 0 Å². The SMILES string of the molecule is CN1CCCC(N(C)c2cccnc2CN)C1. The maximum atomic E-state index is 5.75. The van der Waals surface area contributed by atoms with Crippen LogP contribution in [-0.4, -0.2) is 43.1 Å². The lowest BCUT2D eigenvalue weighted by Gasteiger charge is -2.37. The normalized spacial score (nSPS) is 21.5. The van der Waals surface area contributed by atoms with E-state index in [1.807, 2.05) is 12.3 Å². The highest BCUT2D eigenvalue weighted by Crippen LogP contribution is 2.23. The van der Waals surface area contributed by atoms with Crippen molar-refractivity contribution < 1.29 is 0 Å². The number of piperidine rings is 1. The highest BCUT2D eigenvalue weighted by molar-refractivity contribution is 5.50. The zero-order chi connectivity index (χ0) is 12.3. The summed E-state index contributed by atoms with van der Waals surface area (Å²) in [6.45, 7) is 2.83. The Balaban J connectivity index is 2.15. The Hall–Kier alpha value is -1.13. The van der Waals surface area contributed by atoms with Crippen LogP contribution < -0.4 is 10.6 Å². The molecule has 1 aliphatic rings. The van der Waals surface area contributed by atoms with Crippen LogP contribution in [0.4, 0.5) is 5.69 Å². The molecular formula is C13H22N4. The molecule has 0 aromatic carbocycles. The number of likely N-dealkylation sites (N-methyl/N-ethyl adjacent to an activating group) is 2. The molecule has 0 radical (unpaired) electrons. The summed E-state index contributed by atoms with van der Waals surface area (Å²) < 4.78 is 0. The topological polar surface area (TPSA) is 45.4 Å². The smallest absolute Gasteiger partial charge is 0.0772 e. The molecule has 1 fully saturated rings. The van der Waals surface area contributed by atoms with E-state index < -0.39 is 0 Å². The zero-order valence-electron chi connectivity index (χ0n) is 10.8. The van der Waals surface area contributed by atoms with Gasteiger partial charge in [-0.3, -0.25) is 4.98 Å². The van der Waals surface area contributed by atoms with Crippen molar-refractivity contribution in [2.45, 2.75) is 25.4 Å². The van der Waals surface area contributed by atoms with Crippen molar-refractivity contribution in [3.8, 4) is 0 Å². The van der Waals surface area contributed by atoms with Gasteiger partial charge in [0.15, 0.2) is 0 Å². The van der Waals surface area contributed by atoms with Crippen LogP contribution in [-0.2, 0) is 6.54 Å². The fraction of sp³-hybridized carbons (Fsp3) is 0.615. The number of nitrogens with zero attached hydrogens (tertiary/aromatic N) is 3. The van der Waals surface area contributed by atoms with Gasteiger partial charge < -0.3 is 15.5 Å². The second-order valence-corrected chi connectivity index (χ2v) is 4.84. The Morgan fingerprint density at radius 1 is 1.59 bits per heavy atom. The first-order valence-corrected chi connectivity index (χ1v) is 6.27. The lowest BCUT2D eigenvalue weighted by molar-refractivity contribution is 0.248. The van der Waals surface area contributed by atoms with Gasteiger partial charge in [-0.05, 0) is 38.6 Å². The number of likely N-dealkylation sites (tertiary alicyclic amines) is 1. The maximum Gasteiger partial charge on any atom is 0.0772 e. The van der Waals surface area contributed by atoms with Gasteiger partial charge in [0, 0.05) is 32.4 Å². The average molecular weight is 234 g/mol. The summed E-state index contributed by atoms with van der Waals surface area (Å²) >= 11 is 0. The van der Waals surface area contributed by atoms with E-state index in [-0.39, 0.29) is 0 Å². The van der Waals surface area contributed by atoms with Crippen LogP contribution in [0.1, 0.15) is 18.5 Å². The fourth-order valence-corrected chi connectivity index (χ4v) is 2.56. The van der Waals surface area contributed by atoms with Gasteiger partial charge in [0.1, 0.15) is 0 Å². The molecule has 4 heteroatoms. The summed E-state index contributed by atoms with van der Waals surface area (Å²) in [5.74, 6) is 0. The number of anilines is 1. The van der Waals surface area contributed by atoms with Gasteiger partial charge >= 0.3 is 0 Å². The van der Waals surface area contributed by atoms with E-state index in [9.17, 15) is 0 Å². The minimum atomic E-state index is 0.503. The molecule has 1 atom stereocenters.